The fourth-order valence-corrected chi connectivity index (χ4v) is 15.2. The van der Waals surface area contributed by atoms with Crippen molar-refractivity contribution in [2.45, 2.75) is 15.2 Å². The van der Waals surface area contributed by atoms with E-state index in [9.17, 15) is 0 Å². The van der Waals surface area contributed by atoms with Gasteiger partial charge < -0.3 is 14.7 Å². The number of rotatable bonds is 6. The SMILES string of the molecule is c1ccc(N(c2ccc3c(c2)-c2ccccc2C32c3ccccc3N3c4ccccc4Sc4cccc2c43)c2cc3sc4c(N(c5ccccc5)c5ccccc5)c5ccccc5cc4c3c3ccccc23)cc1. The highest BCUT2D eigenvalue weighted by molar-refractivity contribution is 7.99. The number of thiophene rings is 1. The largest absolute Gasteiger partial charge is 0.310 e. The van der Waals surface area contributed by atoms with Gasteiger partial charge in [-0.15, -0.1) is 11.3 Å². The van der Waals surface area contributed by atoms with Gasteiger partial charge >= 0.3 is 0 Å². The van der Waals surface area contributed by atoms with Crippen molar-refractivity contribution in [1.82, 2.24) is 0 Å². The molecule has 3 nitrogen and oxygen atoms in total. The van der Waals surface area contributed by atoms with Crippen LogP contribution < -0.4 is 14.7 Å². The lowest BCUT2D eigenvalue weighted by Gasteiger charge is -2.47. The number of nitrogens with zero attached hydrogens (tertiary/aromatic N) is 3. The highest BCUT2D eigenvalue weighted by Gasteiger charge is 2.53. The number of benzene rings is 12. The summed E-state index contributed by atoms with van der Waals surface area (Å²) in [6, 6.07) is 97.0. The van der Waals surface area contributed by atoms with Crippen molar-refractivity contribution in [2.75, 3.05) is 14.7 Å². The summed E-state index contributed by atoms with van der Waals surface area (Å²) in [6.45, 7) is 0. The van der Waals surface area contributed by atoms with E-state index in [1.54, 1.807) is 0 Å². The second-order valence-electron chi connectivity index (χ2n) is 19.5. The van der Waals surface area contributed by atoms with Gasteiger partial charge in [-0.2, -0.15) is 0 Å². The summed E-state index contributed by atoms with van der Waals surface area (Å²) < 4.78 is 2.50. The molecule has 1 spiro atoms. The summed E-state index contributed by atoms with van der Waals surface area (Å²) in [5.74, 6) is 0. The molecule has 0 saturated heterocycles. The Hall–Kier alpha value is -8.87. The van der Waals surface area contributed by atoms with E-state index in [2.05, 4.69) is 276 Å². The molecule has 0 radical (unpaired) electrons. The number of para-hydroxylation sites is 6. The minimum atomic E-state index is -0.537. The molecule has 0 amide bonds. The van der Waals surface area contributed by atoms with Crippen molar-refractivity contribution < 1.29 is 0 Å². The molecule has 1 aromatic heterocycles. The molecule has 1 atom stereocenters. The molecule has 0 fully saturated rings. The Morgan fingerprint density at radius 2 is 0.946 bits per heavy atom. The monoisotopic (exact) mass is 977 g/mol. The molecule has 0 bridgehead atoms. The second kappa shape index (κ2) is 16.1. The van der Waals surface area contributed by atoms with Crippen LogP contribution in [0.25, 0.3) is 52.8 Å². The third kappa shape index (κ3) is 5.79. The molecule has 1 unspecified atom stereocenters. The highest BCUT2D eigenvalue weighted by Crippen LogP contribution is 2.67. The average Bonchev–Trinajstić information content (AvgIpc) is 3.99. The van der Waals surface area contributed by atoms with Gasteiger partial charge in [0.05, 0.1) is 38.6 Å². The van der Waals surface area contributed by atoms with E-state index >= 15 is 0 Å². The Balaban J connectivity index is 0.949. The Kier molecular flexibility index (Phi) is 9.06. The lowest BCUT2D eigenvalue weighted by molar-refractivity contribution is 0.746. The molecule has 0 saturated carbocycles. The second-order valence-corrected chi connectivity index (χ2v) is 21.7. The third-order valence-corrected chi connectivity index (χ3v) is 18.0. The quantitative estimate of drug-likeness (QED) is 0.164. The maximum atomic E-state index is 2.53. The fraction of sp³-hybridized carbons (Fsp3) is 0.0145. The summed E-state index contributed by atoms with van der Waals surface area (Å²) >= 11 is 3.78. The van der Waals surface area contributed by atoms with Crippen LogP contribution in [0.15, 0.2) is 271 Å². The van der Waals surface area contributed by atoms with Crippen molar-refractivity contribution in [1.29, 1.82) is 0 Å². The maximum Gasteiger partial charge on any atom is 0.0754 e. The molecule has 3 aliphatic rings. The van der Waals surface area contributed by atoms with Crippen LogP contribution in [0.2, 0.25) is 0 Å². The van der Waals surface area contributed by atoms with Crippen LogP contribution >= 0.6 is 23.1 Å². The number of fused-ring (bicyclic) bond motifs is 17. The van der Waals surface area contributed by atoms with Gasteiger partial charge in [-0.25, -0.2) is 0 Å². The number of hydrogen-bond acceptors (Lipinski definition) is 5. The van der Waals surface area contributed by atoms with Gasteiger partial charge in [0.1, 0.15) is 0 Å². The van der Waals surface area contributed by atoms with Crippen molar-refractivity contribution in [3.05, 3.63) is 283 Å². The topological polar surface area (TPSA) is 9.72 Å². The van der Waals surface area contributed by atoms with Crippen LogP contribution in [-0.2, 0) is 5.41 Å². The van der Waals surface area contributed by atoms with Gasteiger partial charge in [-0.1, -0.05) is 188 Å². The van der Waals surface area contributed by atoms with Gasteiger partial charge in [0, 0.05) is 58.8 Å². The predicted octanol–water partition coefficient (Wildman–Crippen LogP) is 19.9. The zero-order chi connectivity index (χ0) is 48.5. The summed E-state index contributed by atoms with van der Waals surface area (Å²) in [4.78, 5) is 10.1. The van der Waals surface area contributed by atoms with E-state index in [4.69, 9.17) is 0 Å². The van der Waals surface area contributed by atoms with Crippen LogP contribution in [0, 0.1) is 0 Å². The van der Waals surface area contributed by atoms with E-state index in [0.717, 1.165) is 28.4 Å². The van der Waals surface area contributed by atoms with Crippen molar-refractivity contribution >= 4 is 116 Å². The summed E-state index contributed by atoms with van der Waals surface area (Å²) in [5.41, 5.74) is 17.8. The van der Waals surface area contributed by atoms with E-state index < -0.39 is 5.41 Å². The highest BCUT2D eigenvalue weighted by atomic mass is 32.2. The van der Waals surface area contributed by atoms with Gasteiger partial charge in [0.15, 0.2) is 0 Å². The van der Waals surface area contributed by atoms with E-state index in [1.165, 1.54) is 108 Å². The molecule has 13 aromatic rings. The number of anilines is 9. The van der Waals surface area contributed by atoms with Crippen LogP contribution in [0.4, 0.5) is 51.2 Å². The molecular formula is C69H43N3S2. The summed E-state index contributed by atoms with van der Waals surface area (Å²) in [6.07, 6.45) is 0. The zero-order valence-corrected chi connectivity index (χ0v) is 41.6. The molecule has 346 valence electrons. The first-order valence-electron chi connectivity index (χ1n) is 25.3. The fourth-order valence-electron chi connectivity index (χ4n) is 12.8. The average molecular weight is 978 g/mol. The standard InChI is InChI=1S/C69H43N3S2/c1-4-22-45(23-5-1)70(48-39-40-56-53(42-48)50-29-14-15-32-55(50)69(56)57-33-16-17-35-59(57)72-60-36-18-19-37-62(60)73-63-38-20-34-58(69)67(63)72)61-43-64-65(52-31-13-12-30-51(52)61)54-41-44-21-10-11-28-49(44)66(68(54)74-64)71(46-24-6-2-7-25-46)47-26-8-3-9-27-47/h1-43H. The lowest BCUT2D eigenvalue weighted by atomic mass is 9.64. The van der Waals surface area contributed by atoms with Crippen molar-refractivity contribution in [3.8, 4) is 11.1 Å². The first kappa shape index (κ1) is 41.7. The Morgan fingerprint density at radius 1 is 0.365 bits per heavy atom. The minimum absolute atomic E-state index is 0.537. The molecule has 74 heavy (non-hydrogen) atoms. The molecular weight excluding hydrogens is 935 g/mol. The van der Waals surface area contributed by atoms with Crippen LogP contribution in [0.5, 0.6) is 0 Å². The summed E-state index contributed by atoms with van der Waals surface area (Å²) in [5, 5.41) is 7.43. The summed E-state index contributed by atoms with van der Waals surface area (Å²) in [7, 11) is 0. The van der Waals surface area contributed by atoms with Gasteiger partial charge in [0.2, 0.25) is 0 Å². The van der Waals surface area contributed by atoms with Crippen LogP contribution in [-0.4, -0.2) is 0 Å². The lowest BCUT2D eigenvalue weighted by Crippen LogP contribution is -2.37. The molecule has 16 rings (SSSR count). The van der Waals surface area contributed by atoms with Crippen LogP contribution in [0.1, 0.15) is 22.3 Å². The van der Waals surface area contributed by atoms with Gasteiger partial charge in [-0.05, 0) is 129 Å². The maximum absolute atomic E-state index is 2.53. The molecule has 0 N–H and O–H groups in total. The Morgan fingerprint density at radius 3 is 1.72 bits per heavy atom. The zero-order valence-electron chi connectivity index (χ0n) is 40.0. The van der Waals surface area contributed by atoms with Crippen molar-refractivity contribution in [3.63, 3.8) is 0 Å². The van der Waals surface area contributed by atoms with Crippen LogP contribution in [0.3, 0.4) is 0 Å². The normalized spacial score (nSPS) is 14.7. The molecule has 1 aliphatic carbocycles. The smallest absolute Gasteiger partial charge is 0.0754 e. The van der Waals surface area contributed by atoms with Crippen molar-refractivity contribution in [2.24, 2.45) is 0 Å². The predicted molar refractivity (Wildman–Crippen MR) is 313 cm³/mol. The van der Waals surface area contributed by atoms with E-state index in [-0.39, 0.29) is 0 Å². The molecule has 2 aliphatic heterocycles. The molecule has 5 heteroatoms. The third-order valence-electron chi connectivity index (χ3n) is 15.7. The first-order chi connectivity index (χ1) is 36.7. The van der Waals surface area contributed by atoms with E-state index in [0.29, 0.717) is 0 Å². The number of hydrogen-bond donors (Lipinski definition) is 0. The van der Waals surface area contributed by atoms with E-state index in [1.807, 2.05) is 23.1 Å². The Bertz CT molecular complexity index is 4390. The molecule has 12 aromatic carbocycles. The minimum Gasteiger partial charge on any atom is -0.310 e. The first-order valence-corrected chi connectivity index (χ1v) is 27.0. The van der Waals surface area contributed by atoms with Gasteiger partial charge in [0.25, 0.3) is 0 Å². The molecule has 3 heterocycles. The van der Waals surface area contributed by atoms with Gasteiger partial charge in [-0.3, -0.25) is 0 Å². The Labute approximate surface area is 437 Å².